The highest BCUT2D eigenvalue weighted by Crippen LogP contribution is 1.83. The number of aliphatic hydroxyl groups excluding tert-OH is 2. The summed E-state index contributed by atoms with van der Waals surface area (Å²) in [5, 5.41) is 20.3. The zero-order chi connectivity index (χ0) is 8.69. The van der Waals surface area contributed by atoms with Crippen molar-refractivity contribution in [3.63, 3.8) is 0 Å². The van der Waals surface area contributed by atoms with E-state index in [0.29, 0.717) is 19.5 Å². The number of aliphatic hydroxyl groups is 2. The Labute approximate surface area is 66.4 Å². The summed E-state index contributed by atoms with van der Waals surface area (Å²) >= 11 is 0. The van der Waals surface area contributed by atoms with Crippen LogP contribution in [0.4, 0.5) is 0 Å². The maximum Gasteiger partial charge on any atom is 0.106 e. The highest BCUT2D eigenvalue weighted by Gasteiger charge is 2.04. The Hall–Kier alpha value is -0.200. The van der Waals surface area contributed by atoms with Gasteiger partial charge in [0.25, 0.3) is 0 Å². The van der Waals surface area contributed by atoms with Crippen LogP contribution >= 0.6 is 0 Å². The van der Waals surface area contributed by atoms with E-state index < -0.39 is 6.23 Å². The lowest BCUT2D eigenvalue weighted by atomic mass is 10.3. The molecule has 7 N–H and O–H groups in total. The van der Waals surface area contributed by atoms with Crippen LogP contribution in [0, 0.1) is 0 Å². The monoisotopic (exact) mass is 163 g/mol. The van der Waals surface area contributed by atoms with Crippen molar-refractivity contribution in [2.45, 2.75) is 18.7 Å². The molecule has 0 radical (unpaired) electrons. The molecule has 5 nitrogen and oxygen atoms in total. The molecule has 68 valence electrons. The minimum absolute atomic E-state index is 0.0810. The summed E-state index contributed by atoms with van der Waals surface area (Å²) in [6.07, 6.45) is -0.115. The maximum absolute atomic E-state index is 9.07. The van der Waals surface area contributed by atoms with Crippen molar-refractivity contribution in [1.29, 1.82) is 0 Å². The SMILES string of the molecule is NCCC(O)NCC(N)CO. The molecule has 0 aliphatic carbocycles. The third-order valence-corrected chi connectivity index (χ3v) is 1.29. The fourth-order valence-corrected chi connectivity index (χ4v) is 0.612. The molecule has 0 aromatic carbocycles. The van der Waals surface area contributed by atoms with Gasteiger partial charge in [-0.25, -0.2) is 0 Å². The molecule has 0 saturated heterocycles. The zero-order valence-corrected chi connectivity index (χ0v) is 6.53. The molecule has 0 aliphatic rings. The van der Waals surface area contributed by atoms with Gasteiger partial charge in [-0.1, -0.05) is 0 Å². The van der Waals surface area contributed by atoms with Crippen molar-refractivity contribution in [2.75, 3.05) is 19.7 Å². The Morgan fingerprint density at radius 1 is 1.45 bits per heavy atom. The third kappa shape index (κ3) is 6.21. The molecule has 0 rings (SSSR count). The van der Waals surface area contributed by atoms with Crippen molar-refractivity contribution < 1.29 is 10.2 Å². The van der Waals surface area contributed by atoms with E-state index in [2.05, 4.69) is 5.32 Å². The van der Waals surface area contributed by atoms with Crippen LogP contribution < -0.4 is 16.8 Å². The van der Waals surface area contributed by atoms with Crippen molar-refractivity contribution in [3.8, 4) is 0 Å². The molecular weight excluding hydrogens is 146 g/mol. The van der Waals surface area contributed by atoms with E-state index in [-0.39, 0.29) is 12.6 Å². The molecule has 0 aliphatic heterocycles. The smallest absolute Gasteiger partial charge is 0.106 e. The summed E-state index contributed by atoms with van der Waals surface area (Å²) in [6.45, 7) is 0.753. The number of nitrogens with one attached hydrogen (secondary N) is 1. The number of hydrogen-bond acceptors (Lipinski definition) is 5. The molecule has 2 atom stereocenters. The van der Waals surface area contributed by atoms with Gasteiger partial charge in [0, 0.05) is 12.6 Å². The van der Waals surface area contributed by atoms with E-state index in [1.165, 1.54) is 0 Å². The fraction of sp³-hybridized carbons (Fsp3) is 1.00. The van der Waals surface area contributed by atoms with E-state index in [4.69, 9.17) is 21.7 Å². The summed E-state index contributed by atoms with van der Waals surface area (Å²) in [7, 11) is 0. The van der Waals surface area contributed by atoms with Crippen LogP contribution in [0.2, 0.25) is 0 Å². The predicted octanol–water partition coefficient (Wildman–Crippen LogP) is -2.44. The van der Waals surface area contributed by atoms with E-state index in [1.54, 1.807) is 0 Å². The van der Waals surface area contributed by atoms with Crippen molar-refractivity contribution in [3.05, 3.63) is 0 Å². The number of hydrogen-bond donors (Lipinski definition) is 5. The second-order valence-corrected chi connectivity index (χ2v) is 2.44. The zero-order valence-electron chi connectivity index (χ0n) is 6.53. The molecule has 0 spiro atoms. The number of rotatable bonds is 6. The normalized spacial score (nSPS) is 16.4. The molecule has 0 saturated carbocycles. The lowest BCUT2D eigenvalue weighted by Crippen LogP contribution is -2.42. The molecule has 0 heterocycles. The van der Waals surface area contributed by atoms with Gasteiger partial charge in [0.1, 0.15) is 6.23 Å². The maximum atomic E-state index is 9.07. The van der Waals surface area contributed by atoms with Crippen LogP contribution in [0.15, 0.2) is 0 Å². The van der Waals surface area contributed by atoms with Gasteiger partial charge < -0.3 is 21.7 Å². The van der Waals surface area contributed by atoms with Crippen molar-refractivity contribution in [2.24, 2.45) is 11.5 Å². The third-order valence-electron chi connectivity index (χ3n) is 1.29. The summed E-state index contributed by atoms with van der Waals surface area (Å²) < 4.78 is 0. The first-order chi connectivity index (χ1) is 5.20. The largest absolute Gasteiger partial charge is 0.395 e. The Morgan fingerprint density at radius 2 is 2.09 bits per heavy atom. The molecule has 0 aromatic heterocycles. The van der Waals surface area contributed by atoms with Crippen LogP contribution in [-0.4, -0.2) is 42.2 Å². The second-order valence-electron chi connectivity index (χ2n) is 2.44. The number of nitrogens with two attached hydrogens (primary N) is 2. The first-order valence-electron chi connectivity index (χ1n) is 3.68. The molecular formula is C6H17N3O2. The van der Waals surface area contributed by atoms with Gasteiger partial charge in [0.2, 0.25) is 0 Å². The summed E-state index contributed by atoms with van der Waals surface area (Å²) in [4.78, 5) is 0. The lowest BCUT2D eigenvalue weighted by Gasteiger charge is -2.14. The van der Waals surface area contributed by atoms with Gasteiger partial charge in [0.05, 0.1) is 6.61 Å². The first kappa shape index (κ1) is 10.8. The first-order valence-corrected chi connectivity index (χ1v) is 3.68. The predicted molar refractivity (Wildman–Crippen MR) is 42.7 cm³/mol. The van der Waals surface area contributed by atoms with Crippen LogP contribution in [-0.2, 0) is 0 Å². The Morgan fingerprint density at radius 3 is 2.55 bits per heavy atom. The average Bonchev–Trinajstić information content (AvgIpc) is 2.01. The topological polar surface area (TPSA) is 105 Å². The van der Waals surface area contributed by atoms with E-state index in [1.807, 2.05) is 0 Å². The molecule has 0 amide bonds. The highest BCUT2D eigenvalue weighted by atomic mass is 16.3. The Bertz CT molecular complexity index is 91.9. The molecule has 0 fully saturated rings. The van der Waals surface area contributed by atoms with Crippen LogP contribution in [0.1, 0.15) is 6.42 Å². The molecule has 0 bridgehead atoms. The van der Waals surface area contributed by atoms with Crippen LogP contribution in [0.25, 0.3) is 0 Å². The average molecular weight is 163 g/mol. The second kappa shape index (κ2) is 6.51. The van der Waals surface area contributed by atoms with Crippen LogP contribution in [0.5, 0.6) is 0 Å². The van der Waals surface area contributed by atoms with E-state index in [9.17, 15) is 0 Å². The van der Waals surface area contributed by atoms with Crippen LogP contribution in [0.3, 0.4) is 0 Å². The minimum Gasteiger partial charge on any atom is -0.395 e. The van der Waals surface area contributed by atoms with Crippen molar-refractivity contribution >= 4 is 0 Å². The fourth-order valence-electron chi connectivity index (χ4n) is 0.612. The van der Waals surface area contributed by atoms with E-state index in [0.717, 1.165) is 0 Å². The lowest BCUT2D eigenvalue weighted by molar-refractivity contribution is 0.124. The Kier molecular flexibility index (Phi) is 6.39. The van der Waals surface area contributed by atoms with E-state index >= 15 is 0 Å². The van der Waals surface area contributed by atoms with Gasteiger partial charge in [-0.3, -0.25) is 5.32 Å². The highest BCUT2D eigenvalue weighted by molar-refractivity contribution is 4.64. The van der Waals surface area contributed by atoms with Gasteiger partial charge >= 0.3 is 0 Å². The van der Waals surface area contributed by atoms with Gasteiger partial charge in [0.15, 0.2) is 0 Å². The standard InChI is InChI=1S/C6H17N3O2/c7-2-1-6(11)9-3-5(8)4-10/h5-6,9-11H,1-4,7-8H2. The minimum atomic E-state index is -0.613. The van der Waals surface area contributed by atoms with Gasteiger partial charge in [-0.2, -0.15) is 0 Å². The molecule has 2 unspecified atom stereocenters. The Balaban J connectivity index is 3.22. The summed E-state index contributed by atoms with van der Waals surface area (Å²) in [5.74, 6) is 0. The molecule has 11 heavy (non-hydrogen) atoms. The van der Waals surface area contributed by atoms with Crippen molar-refractivity contribution in [1.82, 2.24) is 5.32 Å². The molecule has 5 heteroatoms. The van der Waals surface area contributed by atoms with Gasteiger partial charge in [-0.15, -0.1) is 0 Å². The molecule has 0 aromatic rings. The quantitative estimate of drug-likeness (QED) is 0.280. The van der Waals surface area contributed by atoms with Gasteiger partial charge in [-0.05, 0) is 13.0 Å². The summed E-state index contributed by atoms with van der Waals surface area (Å²) in [6, 6.07) is -0.317. The summed E-state index contributed by atoms with van der Waals surface area (Å²) in [5.41, 5.74) is 10.6.